The topological polar surface area (TPSA) is 85.8 Å². The molecule has 124 valence electrons. The second-order valence-corrected chi connectivity index (χ2v) is 6.32. The number of hydrogen-bond donors (Lipinski definition) is 2. The van der Waals surface area contributed by atoms with Crippen molar-refractivity contribution in [3.8, 4) is 5.82 Å². The highest BCUT2D eigenvalue weighted by molar-refractivity contribution is 5.81. The van der Waals surface area contributed by atoms with Crippen molar-refractivity contribution < 1.29 is 4.79 Å². The van der Waals surface area contributed by atoms with Crippen LogP contribution in [0.3, 0.4) is 0 Å². The van der Waals surface area contributed by atoms with E-state index in [9.17, 15) is 4.79 Å². The predicted octanol–water partition coefficient (Wildman–Crippen LogP) is 1.87. The van der Waals surface area contributed by atoms with Gasteiger partial charge >= 0.3 is 0 Å². The van der Waals surface area contributed by atoms with Gasteiger partial charge in [0.15, 0.2) is 5.82 Å². The van der Waals surface area contributed by atoms with Crippen LogP contribution in [-0.4, -0.2) is 26.7 Å². The first kappa shape index (κ1) is 17.1. The van der Waals surface area contributed by atoms with E-state index in [1.165, 1.54) is 0 Å². The van der Waals surface area contributed by atoms with Crippen molar-refractivity contribution in [3.05, 3.63) is 41.3 Å². The largest absolute Gasteiger partial charge is 0.351 e. The lowest BCUT2D eigenvalue weighted by molar-refractivity contribution is -0.122. The Labute approximate surface area is 137 Å². The van der Waals surface area contributed by atoms with Crippen LogP contribution in [0.25, 0.3) is 5.82 Å². The fourth-order valence-corrected chi connectivity index (χ4v) is 2.44. The molecule has 0 radical (unpaired) electrons. The van der Waals surface area contributed by atoms with Gasteiger partial charge in [0.05, 0.1) is 11.7 Å². The Balaban J connectivity index is 1.95. The van der Waals surface area contributed by atoms with Gasteiger partial charge in [0.25, 0.3) is 0 Å². The minimum absolute atomic E-state index is 0.124. The maximum Gasteiger partial charge on any atom is 0.237 e. The average Bonchev–Trinajstić information content (AvgIpc) is 2.83. The van der Waals surface area contributed by atoms with Crippen LogP contribution in [0.2, 0.25) is 0 Å². The van der Waals surface area contributed by atoms with Crippen LogP contribution >= 0.6 is 0 Å². The molecule has 0 saturated carbocycles. The Morgan fingerprint density at radius 3 is 2.61 bits per heavy atom. The minimum atomic E-state index is -0.461. The molecule has 23 heavy (non-hydrogen) atoms. The summed E-state index contributed by atoms with van der Waals surface area (Å²) in [5, 5.41) is 7.26. The lowest BCUT2D eigenvalue weighted by Gasteiger charge is -2.14. The quantitative estimate of drug-likeness (QED) is 0.852. The molecule has 0 fully saturated rings. The van der Waals surface area contributed by atoms with Crippen LogP contribution in [0.5, 0.6) is 0 Å². The molecule has 2 aromatic heterocycles. The monoisotopic (exact) mass is 315 g/mol. The fraction of sp³-hybridized carbons (Fsp3) is 0.471. The second-order valence-electron chi connectivity index (χ2n) is 6.32. The summed E-state index contributed by atoms with van der Waals surface area (Å²) >= 11 is 0. The third-order valence-electron chi connectivity index (χ3n) is 3.56. The third-order valence-corrected chi connectivity index (χ3v) is 3.56. The van der Waals surface area contributed by atoms with E-state index in [0.717, 1.165) is 22.8 Å². The summed E-state index contributed by atoms with van der Waals surface area (Å²) in [6, 6.07) is 5.38. The first-order valence-corrected chi connectivity index (χ1v) is 7.88. The van der Waals surface area contributed by atoms with Gasteiger partial charge in [0.1, 0.15) is 0 Å². The van der Waals surface area contributed by atoms with Gasteiger partial charge in [0, 0.05) is 18.4 Å². The van der Waals surface area contributed by atoms with E-state index in [-0.39, 0.29) is 5.91 Å². The SMILES string of the molecule is Cc1cc(C)n(-c2ccc(CNC(=O)[C@@H](N)CC(C)C)cn2)n1. The van der Waals surface area contributed by atoms with Crippen molar-refractivity contribution in [1.82, 2.24) is 20.1 Å². The number of hydrogen-bond acceptors (Lipinski definition) is 4. The molecular formula is C17H25N5O. The van der Waals surface area contributed by atoms with Crippen molar-refractivity contribution in [2.45, 2.75) is 46.7 Å². The molecule has 0 aromatic carbocycles. The number of carbonyl (C=O) groups is 1. The average molecular weight is 315 g/mol. The van der Waals surface area contributed by atoms with E-state index in [1.807, 2.05) is 32.0 Å². The van der Waals surface area contributed by atoms with Crippen molar-refractivity contribution in [2.75, 3.05) is 0 Å². The van der Waals surface area contributed by atoms with Gasteiger partial charge in [-0.25, -0.2) is 9.67 Å². The summed E-state index contributed by atoms with van der Waals surface area (Å²) in [5.41, 5.74) is 8.79. The van der Waals surface area contributed by atoms with Crippen LogP contribution in [0.1, 0.15) is 37.2 Å². The first-order valence-electron chi connectivity index (χ1n) is 7.88. The van der Waals surface area contributed by atoms with Crippen molar-refractivity contribution in [2.24, 2.45) is 11.7 Å². The standard InChI is InChI=1S/C17H25N5O/c1-11(2)7-15(18)17(23)20-10-14-5-6-16(19-9-14)22-13(4)8-12(3)21-22/h5-6,8-9,11,15H,7,10,18H2,1-4H3,(H,20,23)/t15-/m0/s1. The molecule has 1 amide bonds. The van der Waals surface area contributed by atoms with Crippen LogP contribution in [0, 0.1) is 19.8 Å². The Hall–Kier alpha value is -2.21. The molecule has 6 nitrogen and oxygen atoms in total. The van der Waals surface area contributed by atoms with Crippen LogP contribution in [-0.2, 0) is 11.3 Å². The molecule has 0 bridgehead atoms. The zero-order chi connectivity index (χ0) is 17.0. The number of amides is 1. The van der Waals surface area contributed by atoms with Crippen LogP contribution < -0.4 is 11.1 Å². The molecular weight excluding hydrogens is 290 g/mol. The predicted molar refractivity (Wildman–Crippen MR) is 90.1 cm³/mol. The number of pyridine rings is 1. The molecule has 0 saturated heterocycles. The minimum Gasteiger partial charge on any atom is -0.351 e. The van der Waals surface area contributed by atoms with E-state index in [0.29, 0.717) is 18.9 Å². The molecule has 0 aliphatic rings. The van der Waals surface area contributed by atoms with Gasteiger partial charge in [-0.2, -0.15) is 5.10 Å². The van der Waals surface area contributed by atoms with Crippen molar-refractivity contribution in [1.29, 1.82) is 0 Å². The Morgan fingerprint density at radius 2 is 2.09 bits per heavy atom. The maximum atomic E-state index is 11.9. The molecule has 0 aliphatic carbocycles. The van der Waals surface area contributed by atoms with E-state index in [1.54, 1.807) is 10.9 Å². The van der Waals surface area contributed by atoms with Gasteiger partial charge < -0.3 is 11.1 Å². The molecule has 2 aromatic rings. The molecule has 2 heterocycles. The van der Waals surface area contributed by atoms with Crippen molar-refractivity contribution in [3.63, 3.8) is 0 Å². The van der Waals surface area contributed by atoms with Gasteiger partial charge in [-0.1, -0.05) is 19.9 Å². The van der Waals surface area contributed by atoms with Gasteiger partial charge in [-0.15, -0.1) is 0 Å². The summed E-state index contributed by atoms with van der Waals surface area (Å²) in [7, 11) is 0. The molecule has 1 atom stereocenters. The maximum absolute atomic E-state index is 11.9. The van der Waals surface area contributed by atoms with E-state index >= 15 is 0 Å². The lowest BCUT2D eigenvalue weighted by Crippen LogP contribution is -2.41. The second kappa shape index (κ2) is 7.37. The number of aromatic nitrogens is 3. The number of carbonyl (C=O) groups excluding carboxylic acids is 1. The molecule has 0 spiro atoms. The Morgan fingerprint density at radius 1 is 1.35 bits per heavy atom. The lowest BCUT2D eigenvalue weighted by atomic mass is 10.0. The summed E-state index contributed by atoms with van der Waals surface area (Å²) in [6.45, 7) is 8.47. The summed E-state index contributed by atoms with van der Waals surface area (Å²) in [5.74, 6) is 1.04. The number of nitrogens with zero attached hydrogens (tertiary/aromatic N) is 3. The van der Waals surface area contributed by atoms with E-state index < -0.39 is 6.04 Å². The number of aryl methyl sites for hydroxylation is 2. The highest BCUT2D eigenvalue weighted by Crippen LogP contribution is 2.10. The summed E-state index contributed by atoms with van der Waals surface area (Å²) in [4.78, 5) is 16.3. The Bertz CT molecular complexity index is 660. The third kappa shape index (κ3) is 4.63. The van der Waals surface area contributed by atoms with Crippen molar-refractivity contribution >= 4 is 5.91 Å². The summed E-state index contributed by atoms with van der Waals surface area (Å²) in [6.07, 6.45) is 2.43. The molecule has 2 rings (SSSR count). The number of rotatable bonds is 6. The zero-order valence-electron chi connectivity index (χ0n) is 14.2. The van der Waals surface area contributed by atoms with E-state index in [2.05, 4.69) is 29.2 Å². The Kier molecular flexibility index (Phi) is 5.50. The summed E-state index contributed by atoms with van der Waals surface area (Å²) < 4.78 is 1.80. The van der Waals surface area contributed by atoms with Crippen LogP contribution in [0.15, 0.2) is 24.4 Å². The highest BCUT2D eigenvalue weighted by atomic mass is 16.2. The smallest absolute Gasteiger partial charge is 0.237 e. The molecule has 3 N–H and O–H groups in total. The van der Waals surface area contributed by atoms with Crippen LogP contribution in [0.4, 0.5) is 0 Å². The van der Waals surface area contributed by atoms with E-state index in [4.69, 9.17) is 5.73 Å². The van der Waals surface area contributed by atoms with Gasteiger partial charge in [-0.05, 0) is 43.9 Å². The number of nitrogens with two attached hydrogens (primary N) is 1. The molecule has 6 heteroatoms. The normalized spacial score (nSPS) is 12.4. The number of nitrogens with one attached hydrogen (secondary N) is 1. The highest BCUT2D eigenvalue weighted by Gasteiger charge is 2.14. The molecule has 0 unspecified atom stereocenters. The van der Waals surface area contributed by atoms with Gasteiger partial charge in [-0.3, -0.25) is 4.79 Å². The van der Waals surface area contributed by atoms with Gasteiger partial charge in [0.2, 0.25) is 5.91 Å². The first-order chi connectivity index (χ1) is 10.9. The molecule has 0 aliphatic heterocycles. The fourth-order valence-electron chi connectivity index (χ4n) is 2.44. The zero-order valence-corrected chi connectivity index (χ0v) is 14.2.